The number of aliphatic hydroxyl groups is 1. The molecule has 0 heterocycles. The van der Waals surface area contributed by atoms with E-state index in [2.05, 4.69) is 6.92 Å². The average molecular weight is 173 g/mol. The van der Waals surface area contributed by atoms with Crippen LogP contribution < -0.4 is 5.73 Å². The van der Waals surface area contributed by atoms with Gasteiger partial charge in [-0.2, -0.15) is 0 Å². The Morgan fingerprint density at radius 3 is 2.67 bits per heavy atom. The van der Waals surface area contributed by atoms with Crippen LogP contribution in [0.15, 0.2) is 0 Å². The number of methoxy groups -OCH3 is 1. The van der Waals surface area contributed by atoms with Gasteiger partial charge in [-0.25, -0.2) is 0 Å². The molecule has 0 radical (unpaired) electrons. The third kappa shape index (κ3) is 1.97. The predicted octanol–water partition coefficient (Wildman–Crippen LogP) is 0.511. The second-order valence-electron chi connectivity index (χ2n) is 3.95. The van der Waals surface area contributed by atoms with Crippen molar-refractivity contribution < 1.29 is 9.84 Å². The molecule has 1 rings (SSSR count). The minimum atomic E-state index is -0.502. The molecule has 72 valence electrons. The maximum Gasteiger partial charge on any atom is 0.0703 e. The van der Waals surface area contributed by atoms with E-state index in [1.54, 1.807) is 7.11 Å². The Kier molecular flexibility index (Phi) is 3.09. The maximum absolute atomic E-state index is 9.94. The predicted molar refractivity (Wildman–Crippen MR) is 47.8 cm³/mol. The van der Waals surface area contributed by atoms with Crippen LogP contribution in [0.2, 0.25) is 0 Å². The zero-order valence-electron chi connectivity index (χ0n) is 7.92. The van der Waals surface area contributed by atoms with Crippen molar-refractivity contribution in [3.63, 3.8) is 0 Å². The molecule has 0 bridgehead atoms. The summed E-state index contributed by atoms with van der Waals surface area (Å²) in [6, 6.07) is 0.208. The van der Waals surface area contributed by atoms with Crippen LogP contribution in [0.3, 0.4) is 0 Å². The van der Waals surface area contributed by atoms with Crippen LogP contribution in [0.4, 0.5) is 0 Å². The molecule has 0 spiro atoms. The third-order valence-electron chi connectivity index (χ3n) is 2.90. The van der Waals surface area contributed by atoms with E-state index in [-0.39, 0.29) is 6.04 Å². The number of hydrogen-bond acceptors (Lipinski definition) is 3. The topological polar surface area (TPSA) is 55.5 Å². The van der Waals surface area contributed by atoms with Crippen LogP contribution in [-0.2, 0) is 4.74 Å². The molecule has 1 unspecified atom stereocenters. The summed E-state index contributed by atoms with van der Waals surface area (Å²) < 4.78 is 4.96. The highest BCUT2D eigenvalue weighted by Gasteiger charge is 2.44. The van der Waals surface area contributed by atoms with Crippen molar-refractivity contribution in [1.29, 1.82) is 0 Å². The van der Waals surface area contributed by atoms with Gasteiger partial charge < -0.3 is 15.6 Å². The first kappa shape index (κ1) is 9.96. The Morgan fingerprint density at radius 2 is 2.25 bits per heavy atom. The normalized spacial score (nSPS) is 37.5. The van der Waals surface area contributed by atoms with Crippen LogP contribution in [0.1, 0.15) is 26.2 Å². The molecule has 0 aromatic heterocycles. The summed E-state index contributed by atoms with van der Waals surface area (Å²) in [7, 11) is 1.68. The maximum atomic E-state index is 9.94. The lowest BCUT2D eigenvalue weighted by atomic mass is 9.68. The van der Waals surface area contributed by atoms with Crippen molar-refractivity contribution in [3.05, 3.63) is 0 Å². The fourth-order valence-electron chi connectivity index (χ4n) is 1.81. The zero-order valence-corrected chi connectivity index (χ0v) is 7.92. The lowest BCUT2D eigenvalue weighted by Crippen LogP contribution is -2.55. The molecule has 0 amide bonds. The first-order chi connectivity index (χ1) is 5.58. The molecule has 0 aromatic carbocycles. The van der Waals surface area contributed by atoms with E-state index in [9.17, 15) is 5.11 Å². The van der Waals surface area contributed by atoms with Crippen molar-refractivity contribution >= 4 is 0 Å². The van der Waals surface area contributed by atoms with Crippen LogP contribution in [0.25, 0.3) is 0 Å². The SMILES string of the molecule is COCCC(C)C1(O)CC(N)C1. The molecule has 3 heteroatoms. The van der Waals surface area contributed by atoms with Gasteiger partial charge in [-0.15, -0.1) is 0 Å². The van der Waals surface area contributed by atoms with Gasteiger partial charge in [-0.1, -0.05) is 6.92 Å². The van der Waals surface area contributed by atoms with Crippen molar-refractivity contribution in [2.45, 2.75) is 37.8 Å². The van der Waals surface area contributed by atoms with E-state index in [0.717, 1.165) is 25.9 Å². The van der Waals surface area contributed by atoms with Gasteiger partial charge >= 0.3 is 0 Å². The summed E-state index contributed by atoms with van der Waals surface area (Å²) >= 11 is 0. The first-order valence-corrected chi connectivity index (χ1v) is 4.55. The van der Waals surface area contributed by atoms with Crippen molar-refractivity contribution in [2.75, 3.05) is 13.7 Å². The van der Waals surface area contributed by atoms with Crippen LogP contribution in [-0.4, -0.2) is 30.5 Å². The summed E-state index contributed by atoms with van der Waals surface area (Å²) in [6.45, 7) is 2.78. The second kappa shape index (κ2) is 3.73. The van der Waals surface area contributed by atoms with Crippen molar-refractivity contribution in [2.24, 2.45) is 11.7 Å². The monoisotopic (exact) mass is 173 g/mol. The molecule has 0 aliphatic heterocycles. The van der Waals surface area contributed by atoms with E-state index in [1.807, 2.05) is 0 Å². The van der Waals surface area contributed by atoms with Gasteiger partial charge in [0.05, 0.1) is 5.60 Å². The largest absolute Gasteiger partial charge is 0.389 e. The number of rotatable bonds is 4. The van der Waals surface area contributed by atoms with Gasteiger partial charge in [0.1, 0.15) is 0 Å². The molecule has 3 nitrogen and oxygen atoms in total. The number of nitrogens with two attached hydrogens (primary N) is 1. The molecule has 1 fully saturated rings. The summed E-state index contributed by atoms with van der Waals surface area (Å²) in [5.41, 5.74) is 5.13. The first-order valence-electron chi connectivity index (χ1n) is 4.55. The fraction of sp³-hybridized carbons (Fsp3) is 1.00. The molecule has 1 aliphatic rings. The third-order valence-corrected chi connectivity index (χ3v) is 2.90. The zero-order chi connectivity index (χ0) is 9.19. The summed E-state index contributed by atoms with van der Waals surface area (Å²) in [6.07, 6.45) is 2.41. The molecule has 12 heavy (non-hydrogen) atoms. The van der Waals surface area contributed by atoms with E-state index in [0.29, 0.717) is 5.92 Å². The fourth-order valence-corrected chi connectivity index (χ4v) is 1.81. The molecule has 1 aliphatic carbocycles. The standard InChI is InChI=1S/C9H19NO2/c1-7(3-4-12-2)9(11)5-8(10)6-9/h7-8,11H,3-6,10H2,1-2H3. The molecule has 3 N–H and O–H groups in total. The lowest BCUT2D eigenvalue weighted by Gasteiger charge is -2.46. The summed E-state index contributed by atoms with van der Waals surface area (Å²) in [4.78, 5) is 0. The van der Waals surface area contributed by atoms with Gasteiger partial charge in [0.15, 0.2) is 0 Å². The van der Waals surface area contributed by atoms with Crippen LogP contribution >= 0.6 is 0 Å². The van der Waals surface area contributed by atoms with Crippen LogP contribution in [0, 0.1) is 5.92 Å². The Bertz CT molecular complexity index is 143. The highest BCUT2D eigenvalue weighted by atomic mass is 16.5. The van der Waals surface area contributed by atoms with E-state index in [4.69, 9.17) is 10.5 Å². The molecule has 1 atom stereocenters. The summed E-state index contributed by atoms with van der Waals surface area (Å²) in [5.74, 6) is 0.303. The number of hydrogen-bond donors (Lipinski definition) is 2. The smallest absolute Gasteiger partial charge is 0.0703 e. The number of ether oxygens (including phenoxy) is 1. The Hall–Kier alpha value is -0.120. The van der Waals surface area contributed by atoms with Gasteiger partial charge in [0, 0.05) is 19.8 Å². The van der Waals surface area contributed by atoms with Gasteiger partial charge in [0.2, 0.25) is 0 Å². The Labute approximate surface area is 73.9 Å². The molecule has 0 aromatic rings. The molecular formula is C9H19NO2. The minimum absolute atomic E-state index is 0.208. The average Bonchev–Trinajstić information content (AvgIpc) is 1.97. The van der Waals surface area contributed by atoms with Crippen LogP contribution in [0.5, 0.6) is 0 Å². The lowest BCUT2D eigenvalue weighted by molar-refractivity contribution is -0.0949. The Balaban J connectivity index is 2.27. The van der Waals surface area contributed by atoms with Gasteiger partial charge in [0.25, 0.3) is 0 Å². The molecule has 0 saturated heterocycles. The van der Waals surface area contributed by atoms with E-state index >= 15 is 0 Å². The Morgan fingerprint density at radius 1 is 1.67 bits per heavy atom. The molecular weight excluding hydrogens is 154 g/mol. The minimum Gasteiger partial charge on any atom is -0.389 e. The highest BCUT2D eigenvalue weighted by Crippen LogP contribution is 2.38. The van der Waals surface area contributed by atoms with Crippen molar-refractivity contribution in [1.82, 2.24) is 0 Å². The molecule has 1 saturated carbocycles. The quantitative estimate of drug-likeness (QED) is 0.651. The van der Waals surface area contributed by atoms with Gasteiger partial charge in [-0.3, -0.25) is 0 Å². The van der Waals surface area contributed by atoms with Gasteiger partial charge in [-0.05, 0) is 25.2 Å². The summed E-state index contributed by atoms with van der Waals surface area (Å²) in [5, 5.41) is 9.94. The second-order valence-corrected chi connectivity index (χ2v) is 3.95. The van der Waals surface area contributed by atoms with E-state index in [1.165, 1.54) is 0 Å². The highest BCUT2D eigenvalue weighted by molar-refractivity contribution is 4.99. The van der Waals surface area contributed by atoms with E-state index < -0.39 is 5.60 Å². The van der Waals surface area contributed by atoms with Crippen molar-refractivity contribution in [3.8, 4) is 0 Å².